The number of hydrogen-bond donors (Lipinski definition) is 0. The largest absolute Gasteiger partial charge is 0.481 e. The Balaban J connectivity index is 2.24. The van der Waals surface area contributed by atoms with E-state index in [1.807, 2.05) is 0 Å². The Morgan fingerprint density at radius 3 is 3.06 bits per heavy atom. The first-order valence-corrected chi connectivity index (χ1v) is 5.02. The molecule has 0 radical (unpaired) electrons. The second kappa shape index (κ2) is 4.23. The molecule has 1 aromatic heterocycles. The molecule has 1 fully saturated rings. The minimum Gasteiger partial charge on any atom is -0.481 e. The molecule has 0 saturated carbocycles. The SMILES string of the molecule is C#CC1CC(=O)N(c2cccc(OC)n2)C1. The molecule has 16 heavy (non-hydrogen) atoms. The van der Waals surface area contributed by atoms with Gasteiger partial charge in [0.25, 0.3) is 0 Å². The minimum absolute atomic E-state index is 0.0134. The predicted octanol–water partition coefficient (Wildman–Crippen LogP) is 1.08. The second-order valence-corrected chi connectivity index (χ2v) is 3.61. The average Bonchev–Trinajstić information content (AvgIpc) is 2.71. The molecule has 82 valence electrons. The Hall–Kier alpha value is -2.02. The van der Waals surface area contributed by atoms with E-state index in [2.05, 4.69) is 10.9 Å². The first-order chi connectivity index (χ1) is 7.74. The van der Waals surface area contributed by atoms with Crippen LogP contribution in [0.2, 0.25) is 0 Å². The van der Waals surface area contributed by atoms with Gasteiger partial charge in [0, 0.05) is 24.9 Å². The maximum absolute atomic E-state index is 11.7. The Morgan fingerprint density at radius 2 is 2.44 bits per heavy atom. The Morgan fingerprint density at radius 1 is 1.62 bits per heavy atom. The van der Waals surface area contributed by atoms with E-state index >= 15 is 0 Å². The van der Waals surface area contributed by atoms with Crippen LogP contribution < -0.4 is 9.64 Å². The van der Waals surface area contributed by atoms with Crippen LogP contribution in [0.5, 0.6) is 5.88 Å². The van der Waals surface area contributed by atoms with Gasteiger partial charge in [-0.05, 0) is 6.07 Å². The first kappa shape index (κ1) is 10.5. The lowest BCUT2D eigenvalue weighted by atomic mass is 10.1. The molecule has 1 amide bonds. The summed E-state index contributed by atoms with van der Waals surface area (Å²) < 4.78 is 5.01. The van der Waals surface area contributed by atoms with Crippen LogP contribution >= 0.6 is 0 Å². The molecule has 1 saturated heterocycles. The Bertz CT molecular complexity index is 451. The van der Waals surface area contributed by atoms with Crippen molar-refractivity contribution < 1.29 is 9.53 Å². The zero-order chi connectivity index (χ0) is 11.5. The van der Waals surface area contributed by atoms with E-state index in [0.717, 1.165) is 0 Å². The molecule has 0 aromatic carbocycles. The molecule has 4 heteroatoms. The topological polar surface area (TPSA) is 42.4 Å². The van der Waals surface area contributed by atoms with E-state index in [0.29, 0.717) is 24.7 Å². The van der Waals surface area contributed by atoms with Crippen molar-refractivity contribution in [1.29, 1.82) is 0 Å². The predicted molar refractivity (Wildman–Crippen MR) is 60.1 cm³/mol. The van der Waals surface area contributed by atoms with Crippen LogP contribution in [-0.4, -0.2) is 24.5 Å². The van der Waals surface area contributed by atoms with Gasteiger partial charge in [0.05, 0.1) is 7.11 Å². The van der Waals surface area contributed by atoms with Gasteiger partial charge >= 0.3 is 0 Å². The molecular formula is C12H12N2O2. The number of carbonyl (C=O) groups is 1. The van der Waals surface area contributed by atoms with E-state index < -0.39 is 0 Å². The highest BCUT2D eigenvalue weighted by atomic mass is 16.5. The quantitative estimate of drug-likeness (QED) is 0.695. The molecule has 0 N–H and O–H groups in total. The number of pyridine rings is 1. The second-order valence-electron chi connectivity index (χ2n) is 3.61. The zero-order valence-electron chi connectivity index (χ0n) is 9.01. The molecule has 1 unspecified atom stereocenters. The van der Waals surface area contributed by atoms with Crippen molar-refractivity contribution >= 4 is 11.7 Å². The third-order valence-corrected chi connectivity index (χ3v) is 2.56. The summed E-state index contributed by atoms with van der Waals surface area (Å²) in [5, 5.41) is 0. The van der Waals surface area contributed by atoms with Crippen molar-refractivity contribution in [3.05, 3.63) is 18.2 Å². The highest BCUT2D eigenvalue weighted by Crippen LogP contribution is 2.24. The first-order valence-electron chi connectivity index (χ1n) is 5.02. The number of hydrogen-bond acceptors (Lipinski definition) is 3. The van der Waals surface area contributed by atoms with E-state index in [-0.39, 0.29) is 11.8 Å². The van der Waals surface area contributed by atoms with Gasteiger partial charge in [-0.25, -0.2) is 0 Å². The third kappa shape index (κ3) is 1.84. The van der Waals surface area contributed by atoms with Crippen LogP contribution in [0.4, 0.5) is 5.82 Å². The fourth-order valence-corrected chi connectivity index (χ4v) is 1.71. The van der Waals surface area contributed by atoms with Crippen molar-refractivity contribution in [1.82, 2.24) is 4.98 Å². The molecule has 1 atom stereocenters. The number of nitrogens with zero attached hydrogens (tertiary/aromatic N) is 2. The summed E-state index contributed by atoms with van der Waals surface area (Å²) in [6.07, 6.45) is 5.72. The maximum atomic E-state index is 11.7. The number of terminal acetylenes is 1. The molecule has 1 aliphatic heterocycles. The van der Waals surface area contributed by atoms with Crippen LogP contribution in [0.25, 0.3) is 0 Å². The number of carbonyl (C=O) groups excluding carboxylic acids is 1. The molecule has 4 nitrogen and oxygen atoms in total. The lowest BCUT2D eigenvalue weighted by Crippen LogP contribution is -2.25. The standard InChI is InChI=1S/C12H12N2O2/c1-3-9-7-12(15)14(8-9)10-5-4-6-11(13-10)16-2/h1,4-6,9H,7-8H2,2H3. The molecule has 1 aliphatic rings. The molecule has 0 bridgehead atoms. The van der Waals surface area contributed by atoms with Gasteiger partial charge in [0.2, 0.25) is 11.8 Å². The third-order valence-electron chi connectivity index (χ3n) is 2.56. The van der Waals surface area contributed by atoms with Crippen molar-refractivity contribution in [2.45, 2.75) is 6.42 Å². The Labute approximate surface area is 94.2 Å². The summed E-state index contributed by atoms with van der Waals surface area (Å²) >= 11 is 0. The molecule has 1 aromatic rings. The highest BCUT2D eigenvalue weighted by molar-refractivity contribution is 5.95. The van der Waals surface area contributed by atoms with E-state index in [1.165, 1.54) is 0 Å². The number of aromatic nitrogens is 1. The minimum atomic E-state index is -0.0134. The van der Waals surface area contributed by atoms with Crippen LogP contribution in [0.3, 0.4) is 0 Å². The molecular weight excluding hydrogens is 204 g/mol. The Kier molecular flexibility index (Phi) is 2.78. The van der Waals surface area contributed by atoms with Gasteiger partial charge in [-0.15, -0.1) is 12.3 Å². The van der Waals surface area contributed by atoms with Gasteiger partial charge in [0.15, 0.2) is 0 Å². The summed E-state index contributed by atoms with van der Waals surface area (Å²) in [6.45, 7) is 0.537. The van der Waals surface area contributed by atoms with Crippen molar-refractivity contribution in [2.24, 2.45) is 5.92 Å². The normalized spacial score (nSPS) is 19.6. The smallest absolute Gasteiger partial charge is 0.229 e. The number of amides is 1. The van der Waals surface area contributed by atoms with Gasteiger partial charge in [0.1, 0.15) is 5.82 Å². The number of ether oxygens (including phenoxy) is 1. The summed E-state index contributed by atoms with van der Waals surface area (Å²) in [7, 11) is 1.54. The van der Waals surface area contributed by atoms with Crippen molar-refractivity contribution in [3.8, 4) is 18.2 Å². The van der Waals surface area contributed by atoms with Gasteiger partial charge in [-0.3, -0.25) is 9.69 Å². The van der Waals surface area contributed by atoms with Crippen LogP contribution in [0.1, 0.15) is 6.42 Å². The lowest BCUT2D eigenvalue weighted by molar-refractivity contribution is -0.117. The van der Waals surface area contributed by atoms with Crippen LogP contribution in [0.15, 0.2) is 18.2 Å². The lowest BCUT2D eigenvalue weighted by Gasteiger charge is -2.14. The summed E-state index contributed by atoms with van der Waals surface area (Å²) in [5.74, 6) is 3.70. The van der Waals surface area contributed by atoms with E-state index in [4.69, 9.17) is 11.2 Å². The number of anilines is 1. The summed E-state index contributed by atoms with van der Waals surface area (Å²) in [4.78, 5) is 17.5. The van der Waals surface area contributed by atoms with Crippen molar-refractivity contribution in [2.75, 3.05) is 18.6 Å². The van der Waals surface area contributed by atoms with Gasteiger partial charge in [-0.1, -0.05) is 6.07 Å². The van der Waals surface area contributed by atoms with Gasteiger partial charge in [-0.2, -0.15) is 4.98 Å². The number of methoxy groups -OCH3 is 1. The van der Waals surface area contributed by atoms with Crippen LogP contribution in [0, 0.1) is 18.3 Å². The molecule has 0 aliphatic carbocycles. The molecule has 0 spiro atoms. The van der Waals surface area contributed by atoms with Crippen molar-refractivity contribution in [3.63, 3.8) is 0 Å². The monoisotopic (exact) mass is 216 g/mol. The molecule has 2 rings (SSSR count). The number of rotatable bonds is 2. The summed E-state index contributed by atoms with van der Waals surface area (Å²) in [6, 6.07) is 5.32. The van der Waals surface area contributed by atoms with E-state index in [9.17, 15) is 4.79 Å². The highest BCUT2D eigenvalue weighted by Gasteiger charge is 2.30. The van der Waals surface area contributed by atoms with Crippen LogP contribution in [-0.2, 0) is 4.79 Å². The summed E-state index contributed by atoms with van der Waals surface area (Å²) in [5.41, 5.74) is 0. The fourth-order valence-electron chi connectivity index (χ4n) is 1.71. The average molecular weight is 216 g/mol. The fraction of sp³-hybridized carbons (Fsp3) is 0.333. The maximum Gasteiger partial charge on any atom is 0.229 e. The van der Waals surface area contributed by atoms with Gasteiger partial charge < -0.3 is 4.74 Å². The van der Waals surface area contributed by atoms with E-state index in [1.54, 1.807) is 30.2 Å². The molecule has 2 heterocycles. The zero-order valence-corrected chi connectivity index (χ0v) is 9.01.